The number of piperidine rings is 1. The van der Waals surface area contributed by atoms with Crippen molar-refractivity contribution in [2.45, 2.75) is 18.9 Å². The van der Waals surface area contributed by atoms with E-state index < -0.39 is 0 Å². The van der Waals surface area contributed by atoms with Crippen LogP contribution in [0.25, 0.3) is 0 Å². The van der Waals surface area contributed by atoms with Crippen LogP contribution in [0.1, 0.15) is 30.0 Å². The van der Waals surface area contributed by atoms with Gasteiger partial charge in [0.05, 0.1) is 12.0 Å². The summed E-state index contributed by atoms with van der Waals surface area (Å²) in [7, 11) is 0. The molecule has 148 valence electrons. The number of anilines is 1. The van der Waals surface area contributed by atoms with Crippen LogP contribution in [0.3, 0.4) is 0 Å². The van der Waals surface area contributed by atoms with Crippen LogP contribution in [0, 0.1) is 5.92 Å². The van der Waals surface area contributed by atoms with Crippen molar-refractivity contribution < 1.29 is 4.79 Å². The molecule has 2 unspecified atom stereocenters. The van der Waals surface area contributed by atoms with Gasteiger partial charge in [0.15, 0.2) is 0 Å². The highest BCUT2D eigenvalue weighted by atomic mass is 35.5. The van der Waals surface area contributed by atoms with Gasteiger partial charge in [-0.3, -0.25) is 4.79 Å². The zero-order chi connectivity index (χ0) is 20.1. The van der Waals surface area contributed by atoms with E-state index in [4.69, 9.17) is 11.6 Å². The smallest absolute Gasteiger partial charge is 0.225 e. The van der Waals surface area contributed by atoms with Crippen LogP contribution in [0.4, 0.5) is 5.95 Å². The predicted molar refractivity (Wildman–Crippen MR) is 115 cm³/mol. The van der Waals surface area contributed by atoms with E-state index in [2.05, 4.69) is 20.2 Å². The Labute approximate surface area is 175 Å². The van der Waals surface area contributed by atoms with Crippen LogP contribution >= 0.6 is 11.6 Å². The van der Waals surface area contributed by atoms with Gasteiger partial charge < -0.3 is 10.2 Å². The molecule has 0 radical (unpaired) electrons. The van der Waals surface area contributed by atoms with Crippen LogP contribution in [-0.2, 0) is 4.79 Å². The first-order valence-electron chi connectivity index (χ1n) is 9.83. The number of rotatable bonds is 5. The molecule has 2 aromatic carbocycles. The average Bonchev–Trinajstić information content (AvgIpc) is 2.78. The van der Waals surface area contributed by atoms with Gasteiger partial charge in [-0.2, -0.15) is 0 Å². The number of benzene rings is 2. The Morgan fingerprint density at radius 3 is 2.55 bits per heavy atom. The second-order valence-electron chi connectivity index (χ2n) is 7.24. The quantitative estimate of drug-likeness (QED) is 0.688. The second-order valence-corrected chi connectivity index (χ2v) is 7.68. The minimum absolute atomic E-state index is 0.0412. The lowest BCUT2D eigenvalue weighted by Crippen LogP contribution is -2.44. The molecule has 3 aromatic rings. The first-order chi connectivity index (χ1) is 14.2. The standard InChI is InChI=1S/C23H23ClN4O/c24-20-11-4-9-18(15-20)21(17-7-2-1-3-8-17)27-22(29)19-10-5-14-28(16-19)23-25-12-6-13-26-23/h1-4,6-9,11-13,15,19,21H,5,10,14,16H2,(H,27,29). The number of nitrogens with zero attached hydrogens (tertiary/aromatic N) is 3. The molecule has 29 heavy (non-hydrogen) atoms. The fourth-order valence-electron chi connectivity index (χ4n) is 3.78. The average molecular weight is 407 g/mol. The summed E-state index contributed by atoms with van der Waals surface area (Å²) in [5.74, 6) is 0.608. The van der Waals surface area contributed by atoms with Crippen molar-refractivity contribution in [1.82, 2.24) is 15.3 Å². The monoisotopic (exact) mass is 406 g/mol. The number of hydrogen-bond donors (Lipinski definition) is 1. The van der Waals surface area contributed by atoms with Crippen molar-refractivity contribution in [2.24, 2.45) is 5.92 Å². The number of carbonyl (C=O) groups is 1. The highest BCUT2D eigenvalue weighted by Crippen LogP contribution is 2.26. The van der Waals surface area contributed by atoms with Gasteiger partial charge in [0.1, 0.15) is 0 Å². The molecule has 6 heteroatoms. The molecule has 1 aliphatic heterocycles. The molecule has 0 spiro atoms. The number of carbonyl (C=O) groups excluding carboxylic acids is 1. The maximum atomic E-state index is 13.2. The summed E-state index contributed by atoms with van der Waals surface area (Å²) in [5.41, 5.74) is 2.00. The topological polar surface area (TPSA) is 58.1 Å². The Balaban J connectivity index is 1.53. The Morgan fingerprint density at radius 2 is 1.79 bits per heavy atom. The van der Waals surface area contributed by atoms with Gasteiger partial charge in [-0.25, -0.2) is 9.97 Å². The lowest BCUT2D eigenvalue weighted by atomic mass is 9.94. The summed E-state index contributed by atoms with van der Waals surface area (Å²) >= 11 is 6.22. The maximum Gasteiger partial charge on any atom is 0.225 e. The first kappa shape index (κ1) is 19.4. The van der Waals surface area contributed by atoms with E-state index in [0.717, 1.165) is 30.5 Å². The summed E-state index contributed by atoms with van der Waals surface area (Å²) < 4.78 is 0. The van der Waals surface area contributed by atoms with Crippen LogP contribution in [0.2, 0.25) is 5.02 Å². The summed E-state index contributed by atoms with van der Waals surface area (Å²) in [6, 6.07) is 19.2. The van der Waals surface area contributed by atoms with E-state index in [1.807, 2.05) is 54.6 Å². The zero-order valence-corrected chi connectivity index (χ0v) is 16.8. The first-order valence-corrected chi connectivity index (χ1v) is 10.2. The van der Waals surface area contributed by atoms with Gasteiger partial charge in [-0.1, -0.05) is 54.1 Å². The fraction of sp³-hybridized carbons (Fsp3) is 0.261. The van der Waals surface area contributed by atoms with Gasteiger partial charge >= 0.3 is 0 Å². The lowest BCUT2D eigenvalue weighted by molar-refractivity contribution is -0.125. The second kappa shape index (κ2) is 9.05. The summed E-state index contributed by atoms with van der Waals surface area (Å²) in [4.78, 5) is 24.0. The van der Waals surface area contributed by atoms with E-state index in [0.29, 0.717) is 17.5 Å². The molecule has 1 N–H and O–H groups in total. The largest absolute Gasteiger partial charge is 0.345 e. The summed E-state index contributed by atoms with van der Waals surface area (Å²) in [6.07, 6.45) is 5.25. The van der Waals surface area contributed by atoms with Crippen molar-refractivity contribution in [1.29, 1.82) is 0 Å². The molecule has 0 bridgehead atoms. The van der Waals surface area contributed by atoms with Crippen LogP contribution < -0.4 is 10.2 Å². The Hall–Kier alpha value is -2.92. The van der Waals surface area contributed by atoms with E-state index in [-0.39, 0.29) is 17.9 Å². The molecule has 1 saturated heterocycles. The van der Waals surface area contributed by atoms with E-state index in [1.165, 1.54) is 0 Å². The fourth-order valence-corrected chi connectivity index (χ4v) is 3.98. The molecule has 2 atom stereocenters. The van der Waals surface area contributed by atoms with Crippen LogP contribution in [0.15, 0.2) is 73.1 Å². The van der Waals surface area contributed by atoms with Crippen LogP contribution in [-0.4, -0.2) is 29.0 Å². The molecular weight excluding hydrogens is 384 g/mol. The van der Waals surface area contributed by atoms with Crippen molar-refractivity contribution in [3.05, 3.63) is 89.2 Å². The Morgan fingerprint density at radius 1 is 1.03 bits per heavy atom. The molecule has 1 aliphatic rings. The third-order valence-corrected chi connectivity index (χ3v) is 5.46. The highest BCUT2D eigenvalue weighted by molar-refractivity contribution is 6.30. The molecule has 1 amide bonds. The predicted octanol–water partition coefficient (Wildman–Crippen LogP) is 4.25. The lowest BCUT2D eigenvalue weighted by Gasteiger charge is -2.33. The van der Waals surface area contributed by atoms with Gasteiger partial charge in [0.25, 0.3) is 0 Å². The third kappa shape index (κ3) is 4.74. The van der Waals surface area contributed by atoms with Crippen molar-refractivity contribution >= 4 is 23.5 Å². The number of aromatic nitrogens is 2. The minimum Gasteiger partial charge on any atom is -0.345 e. The van der Waals surface area contributed by atoms with E-state index in [9.17, 15) is 4.79 Å². The molecule has 1 fully saturated rings. The maximum absolute atomic E-state index is 13.2. The molecule has 0 saturated carbocycles. The van der Waals surface area contributed by atoms with Crippen LogP contribution in [0.5, 0.6) is 0 Å². The summed E-state index contributed by atoms with van der Waals surface area (Å²) in [5, 5.41) is 3.91. The van der Waals surface area contributed by atoms with Gasteiger partial charge in [-0.05, 0) is 42.2 Å². The van der Waals surface area contributed by atoms with Gasteiger partial charge in [0.2, 0.25) is 11.9 Å². The number of halogens is 1. The van der Waals surface area contributed by atoms with Crippen molar-refractivity contribution in [2.75, 3.05) is 18.0 Å². The van der Waals surface area contributed by atoms with E-state index in [1.54, 1.807) is 18.5 Å². The van der Waals surface area contributed by atoms with Crippen molar-refractivity contribution in [3.63, 3.8) is 0 Å². The van der Waals surface area contributed by atoms with Gasteiger partial charge in [0, 0.05) is 30.5 Å². The summed E-state index contributed by atoms with van der Waals surface area (Å²) in [6.45, 7) is 1.48. The van der Waals surface area contributed by atoms with Crippen molar-refractivity contribution in [3.8, 4) is 0 Å². The molecule has 5 nitrogen and oxygen atoms in total. The molecule has 0 aliphatic carbocycles. The highest BCUT2D eigenvalue weighted by Gasteiger charge is 2.29. The molecular formula is C23H23ClN4O. The number of hydrogen-bond acceptors (Lipinski definition) is 4. The molecule has 1 aromatic heterocycles. The number of amides is 1. The zero-order valence-electron chi connectivity index (χ0n) is 16.0. The number of nitrogens with one attached hydrogen (secondary N) is 1. The van der Waals surface area contributed by atoms with Gasteiger partial charge in [-0.15, -0.1) is 0 Å². The third-order valence-electron chi connectivity index (χ3n) is 5.23. The Bertz CT molecular complexity index is 951. The normalized spacial score (nSPS) is 17.6. The SMILES string of the molecule is O=C(NC(c1ccccc1)c1cccc(Cl)c1)C1CCCN(c2ncccn2)C1. The van der Waals surface area contributed by atoms with E-state index >= 15 is 0 Å². The molecule has 2 heterocycles. The Kier molecular flexibility index (Phi) is 6.06. The molecule has 4 rings (SSSR count). The minimum atomic E-state index is -0.245.